The van der Waals surface area contributed by atoms with E-state index in [0.29, 0.717) is 23.7 Å². The first-order valence-corrected chi connectivity index (χ1v) is 8.09. The smallest absolute Gasteiger partial charge is 0.239 e. The van der Waals surface area contributed by atoms with E-state index in [4.69, 9.17) is 11.6 Å². The summed E-state index contributed by atoms with van der Waals surface area (Å²) in [5.74, 6) is -0.566. The predicted octanol–water partition coefficient (Wildman–Crippen LogP) is 2.92. The molecule has 130 valence electrons. The predicted molar refractivity (Wildman–Crippen MR) is 90.9 cm³/mol. The fraction of sp³-hybridized carbons (Fsp3) is 0.588. The topological polar surface area (TPSA) is 43.8 Å². The minimum Gasteiger partial charge on any atom is -0.389 e. The van der Waals surface area contributed by atoms with E-state index in [1.54, 1.807) is 33.9 Å². The van der Waals surface area contributed by atoms with E-state index >= 15 is 0 Å². The van der Waals surface area contributed by atoms with Crippen LogP contribution in [-0.4, -0.2) is 52.6 Å². The van der Waals surface area contributed by atoms with Gasteiger partial charge < -0.3 is 10.0 Å². The molecule has 0 radical (unpaired) electrons. The van der Waals surface area contributed by atoms with E-state index in [1.807, 2.05) is 11.8 Å². The van der Waals surface area contributed by atoms with Crippen molar-refractivity contribution in [2.45, 2.75) is 45.9 Å². The third kappa shape index (κ3) is 5.75. The first kappa shape index (κ1) is 19.9. The SMILES string of the molecule is CCN(CC(C)(C)O)C(C)C(=O)N(C)Cc1c(F)cccc1Cl. The maximum atomic E-state index is 13.9. The van der Waals surface area contributed by atoms with Gasteiger partial charge in [0.15, 0.2) is 0 Å². The van der Waals surface area contributed by atoms with Crippen molar-refractivity contribution in [2.75, 3.05) is 20.1 Å². The van der Waals surface area contributed by atoms with Gasteiger partial charge in [0.1, 0.15) is 5.82 Å². The number of nitrogens with zero attached hydrogens (tertiary/aromatic N) is 2. The van der Waals surface area contributed by atoms with Gasteiger partial charge >= 0.3 is 0 Å². The van der Waals surface area contributed by atoms with Crippen molar-refractivity contribution in [3.05, 3.63) is 34.6 Å². The highest BCUT2D eigenvalue weighted by molar-refractivity contribution is 6.31. The Morgan fingerprint density at radius 1 is 1.43 bits per heavy atom. The molecule has 1 atom stereocenters. The van der Waals surface area contributed by atoms with Crippen molar-refractivity contribution < 1.29 is 14.3 Å². The average Bonchev–Trinajstić information content (AvgIpc) is 2.46. The summed E-state index contributed by atoms with van der Waals surface area (Å²) < 4.78 is 13.9. The zero-order chi connectivity index (χ0) is 17.8. The number of carbonyl (C=O) groups is 1. The van der Waals surface area contributed by atoms with E-state index in [9.17, 15) is 14.3 Å². The Labute approximate surface area is 142 Å². The van der Waals surface area contributed by atoms with Gasteiger partial charge in [0, 0.05) is 30.7 Å². The van der Waals surface area contributed by atoms with Gasteiger partial charge in [-0.1, -0.05) is 24.6 Å². The van der Waals surface area contributed by atoms with Crippen LogP contribution in [0.15, 0.2) is 18.2 Å². The Morgan fingerprint density at radius 2 is 2.04 bits per heavy atom. The van der Waals surface area contributed by atoms with Crippen molar-refractivity contribution in [1.82, 2.24) is 9.80 Å². The van der Waals surface area contributed by atoms with Gasteiger partial charge in [-0.15, -0.1) is 0 Å². The molecule has 1 aromatic carbocycles. The van der Waals surface area contributed by atoms with Gasteiger partial charge in [0.25, 0.3) is 0 Å². The zero-order valence-corrected chi connectivity index (χ0v) is 15.2. The van der Waals surface area contributed by atoms with E-state index in [1.165, 1.54) is 17.0 Å². The third-order valence-electron chi connectivity index (χ3n) is 3.73. The summed E-state index contributed by atoms with van der Waals surface area (Å²) in [6.45, 7) is 8.25. The van der Waals surface area contributed by atoms with Gasteiger partial charge in [-0.05, 0) is 39.4 Å². The number of hydrogen-bond acceptors (Lipinski definition) is 3. The summed E-state index contributed by atoms with van der Waals surface area (Å²) >= 11 is 6.01. The number of carbonyl (C=O) groups excluding carboxylic acids is 1. The maximum absolute atomic E-state index is 13.9. The number of benzene rings is 1. The molecule has 1 unspecified atom stereocenters. The van der Waals surface area contributed by atoms with Crippen LogP contribution >= 0.6 is 11.6 Å². The first-order chi connectivity index (χ1) is 10.6. The molecular formula is C17H26ClFN2O2. The lowest BCUT2D eigenvalue weighted by Crippen LogP contribution is -2.50. The van der Waals surface area contributed by atoms with Gasteiger partial charge in [-0.2, -0.15) is 0 Å². The fourth-order valence-electron chi connectivity index (χ4n) is 2.49. The van der Waals surface area contributed by atoms with Gasteiger partial charge in [0.05, 0.1) is 11.6 Å². The number of likely N-dealkylation sites (N-methyl/N-ethyl adjacent to an activating group) is 2. The summed E-state index contributed by atoms with van der Waals surface area (Å²) in [6.07, 6.45) is 0. The Bertz CT molecular complexity index is 526. The minimum absolute atomic E-state index is 0.106. The third-order valence-corrected chi connectivity index (χ3v) is 4.09. The Kier molecular flexibility index (Phi) is 6.99. The monoisotopic (exact) mass is 344 g/mol. The summed E-state index contributed by atoms with van der Waals surface area (Å²) in [5.41, 5.74) is -0.583. The largest absolute Gasteiger partial charge is 0.389 e. The quantitative estimate of drug-likeness (QED) is 0.827. The molecule has 1 rings (SSSR count). The summed E-state index contributed by atoms with van der Waals surface area (Å²) in [4.78, 5) is 15.9. The molecule has 0 aliphatic heterocycles. The zero-order valence-electron chi connectivity index (χ0n) is 14.4. The van der Waals surface area contributed by atoms with E-state index < -0.39 is 17.5 Å². The molecule has 0 saturated heterocycles. The molecule has 6 heteroatoms. The van der Waals surface area contributed by atoms with Crippen molar-refractivity contribution in [3.63, 3.8) is 0 Å². The second kappa shape index (κ2) is 8.08. The molecule has 0 spiro atoms. The molecule has 4 nitrogen and oxygen atoms in total. The van der Waals surface area contributed by atoms with Crippen LogP contribution in [0.3, 0.4) is 0 Å². The standard InChI is InChI=1S/C17H26ClFN2O2/c1-6-21(11-17(3,4)23)12(2)16(22)20(5)10-13-14(18)8-7-9-15(13)19/h7-9,12,23H,6,10-11H2,1-5H3. The lowest BCUT2D eigenvalue weighted by molar-refractivity contribution is -0.136. The number of halogens is 2. The number of rotatable bonds is 7. The average molecular weight is 345 g/mol. The molecular weight excluding hydrogens is 319 g/mol. The molecule has 23 heavy (non-hydrogen) atoms. The summed E-state index contributed by atoms with van der Waals surface area (Å²) in [5, 5.41) is 10.3. The molecule has 0 heterocycles. The van der Waals surface area contributed by atoms with Crippen LogP contribution in [-0.2, 0) is 11.3 Å². The molecule has 0 aromatic heterocycles. The van der Waals surface area contributed by atoms with Gasteiger partial charge in [-0.3, -0.25) is 9.69 Å². The van der Waals surface area contributed by atoms with Crippen molar-refractivity contribution in [3.8, 4) is 0 Å². The van der Waals surface area contributed by atoms with E-state index in [2.05, 4.69) is 0 Å². The Balaban J connectivity index is 2.82. The lowest BCUT2D eigenvalue weighted by atomic mass is 10.1. The minimum atomic E-state index is -0.891. The molecule has 0 aliphatic rings. The second-order valence-electron chi connectivity index (χ2n) is 6.45. The van der Waals surface area contributed by atoms with Crippen LogP contribution in [0.25, 0.3) is 0 Å². The Hall–Kier alpha value is -1.17. The molecule has 1 aromatic rings. The molecule has 1 N–H and O–H groups in total. The maximum Gasteiger partial charge on any atom is 0.239 e. The van der Waals surface area contributed by atoms with Crippen LogP contribution in [0.5, 0.6) is 0 Å². The highest BCUT2D eigenvalue weighted by Gasteiger charge is 2.28. The Morgan fingerprint density at radius 3 is 2.52 bits per heavy atom. The molecule has 0 bridgehead atoms. The number of amides is 1. The van der Waals surface area contributed by atoms with Crippen molar-refractivity contribution >= 4 is 17.5 Å². The second-order valence-corrected chi connectivity index (χ2v) is 6.85. The van der Waals surface area contributed by atoms with E-state index in [-0.39, 0.29) is 12.5 Å². The highest BCUT2D eigenvalue weighted by atomic mass is 35.5. The van der Waals surface area contributed by atoms with Crippen molar-refractivity contribution in [1.29, 1.82) is 0 Å². The van der Waals surface area contributed by atoms with Crippen LogP contribution in [0.1, 0.15) is 33.3 Å². The number of aliphatic hydroxyl groups is 1. The van der Waals surface area contributed by atoms with E-state index in [0.717, 1.165) is 0 Å². The molecule has 0 saturated carbocycles. The van der Waals surface area contributed by atoms with Crippen molar-refractivity contribution in [2.24, 2.45) is 0 Å². The van der Waals surface area contributed by atoms with Crippen LogP contribution in [0, 0.1) is 5.82 Å². The highest BCUT2D eigenvalue weighted by Crippen LogP contribution is 2.21. The molecule has 1 amide bonds. The summed E-state index contributed by atoms with van der Waals surface area (Å²) in [6, 6.07) is 4.06. The molecule has 0 aliphatic carbocycles. The van der Waals surface area contributed by atoms with Gasteiger partial charge in [0.2, 0.25) is 5.91 Å². The summed E-state index contributed by atoms with van der Waals surface area (Å²) in [7, 11) is 1.62. The normalized spacial score (nSPS) is 13.3. The first-order valence-electron chi connectivity index (χ1n) is 7.71. The van der Waals surface area contributed by atoms with Crippen LogP contribution < -0.4 is 0 Å². The van der Waals surface area contributed by atoms with Crippen LogP contribution in [0.2, 0.25) is 5.02 Å². The van der Waals surface area contributed by atoms with Crippen LogP contribution in [0.4, 0.5) is 4.39 Å². The van der Waals surface area contributed by atoms with Gasteiger partial charge in [-0.25, -0.2) is 4.39 Å². The molecule has 0 fully saturated rings. The number of hydrogen-bond donors (Lipinski definition) is 1. The lowest BCUT2D eigenvalue weighted by Gasteiger charge is -2.34. The fourth-order valence-corrected chi connectivity index (χ4v) is 2.72.